The standard InChI is InChI=1S/C18H14Cl2N4O/c19-13-7-4-8-14(16(13)20)23-17(25)15-9-10-21-18(24-15)22-11-12-5-2-1-3-6-12/h1-10H,11H2,(H,23,25)(H,21,22,24). The molecule has 1 amide bonds. The highest BCUT2D eigenvalue weighted by molar-refractivity contribution is 6.44. The van der Waals surface area contributed by atoms with Gasteiger partial charge in [-0.3, -0.25) is 4.79 Å². The summed E-state index contributed by atoms with van der Waals surface area (Å²) in [5.41, 5.74) is 1.74. The summed E-state index contributed by atoms with van der Waals surface area (Å²) in [7, 11) is 0. The molecule has 0 atom stereocenters. The number of amides is 1. The number of hydrogen-bond donors (Lipinski definition) is 2. The maximum Gasteiger partial charge on any atom is 0.274 e. The zero-order valence-corrected chi connectivity index (χ0v) is 14.6. The highest BCUT2D eigenvalue weighted by Crippen LogP contribution is 2.29. The molecule has 25 heavy (non-hydrogen) atoms. The molecule has 2 N–H and O–H groups in total. The lowest BCUT2D eigenvalue weighted by atomic mass is 10.2. The lowest BCUT2D eigenvalue weighted by Gasteiger charge is -2.09. The molecule has 126 valence electrons. The monoisotopic (exact) mass is 372 g/mol. The van der Waals surface area contributed by atoms with Crippen LogP contribution in [-0.4, -0.2) is 15.9 Å². The van der Waals surface area contributed by atoms with Crippen molar-refractivity contribution < 1.29 is 4.79 Å². The minimum atomic E-state index is -0.394. The van der Waals surface area contributed by atoms with Gasteiger partial charge in [-0.2, -0.15) is 0 Å². The van der Waals surface area contributed by atoms with Gasteiger partial charge in [0.1, 0.15) is 5.69 Å². The van der Waals surface area contributed by atoms with E-state index in [1.807, 2.05) is 30.3 Å². The molecule has 3 rings (SSSR count). The van der Waals surface area contributed by atoms with Gasteiger partial charge in [0, 0.05) is 12.7 Å². The molecule has 7 heteroatoms. The van der Waals surface area contributed by atoms with E-state index >= 15 is 0 Å². The van der Waals surface area contributed by atoms with Crippen LogP contribution in [0.3, 0.4) is 0 Å². The number of anilines is 2. The molecule has 0 saturated carbocycles. The second-order valence-electron chi connectivity index (χ2n) is 5.16. The van der Waals surface area contributed by atoms with Gasteiger partial charge in [0.05, 0.1) is 15.7 Å². The number of aromatic nitrogens is 2. The Kier molecular flexibility index (Phi) is 5.48. The summed E-state index contributed by atoms with van der Waals surface area (Å²) in [5, 5.41) is 6.44. The van der Waals surface area contributed by atoms with Crippen LogP contribution in [0, 0.1) is 0 Å². The van der Waals surface area contributed by atoms with E-state index in [4.69, 9.17) is 23.2 Å². The first-order valence-electron chi connectivity index (χ1n) is 7.49. The molecule has 0 radical (unpaired) electrons. The minimum absolute atomic E-state index is 0.224. The van der Waals surface area contributed by atoms with Crippen LogP contribution in [0.1, 0.15) is 16.1 Å². The zero-order valence-electron chi connectivity index (χ0n) is 13.0. The third kappa shape index (κ3) is 4.47. The fourth-order valence-corrected chi connectivity index (χ4v) is 2.48. The molecule has 0 aliphatic rings. The molecule has 0 spiro atoms. The van der Waals surface area contributed by atoms with E-state index in [0.717, 1.165) is 5.56 Å². The van der Waals surface area contributed by atoms with E-state index in [1.165, 1.54) is 12.3 Å². The Hall–Kier alpha value is -2.63. The first-order chi connectivity index (χ1) is 12.1. The van der Waals surface area contributed by atoms with Crippen LogP contribution >= 0.6 is 23.2 Å². The Balaban J connectivity index is 1.70. The molecule has 1 aromatic heterocycles. The Labute approximate surface area is 155 Å². The second kappa shape index (κ2) is 7.96. The number of halogens is 2. The summed E-state index contributed by atoms with van der Waals surface area (Å²) in [6.45, 7) is 0.562. The summed E-state index contributed by atoms with van der Waals surface area (Å²) in [6.07, 6.45) is 1.52. The van der Waals surface area contributed by atoms with Crippen molar-refractivity contribution in [3.8, 4) is 0 Å². The Morgan fingerprint density at radius 1 is 1.00 bits per heavy atom. The number of benzene rings is 2. The van der Waals surface area contributed by atoms with Crippen molar-refractivity contribution in [1.29, 1.82) is 0 Å². The zero-order chi connectivity index (χ0) is 17.6. The Bertz CT molecular complexity index is 887. The fourth-order valence-electron chi connectivity index (χ4n) is 2.13. The molecule has 1 heterocycles. The molecule has 3 aromatic rings. The molecule has 0 bridgehead atoms. The van der Waals surface area contributed by atoms with Crippen LogP contribution in [0.2, 0.25) is 10.0 Å². The van der Waals surface area contributed by atoms with E-state index in [2.05, 4.69) is 20.6 Å². The molecular weight excluding hydrogens is 359 g/mol. The smallest absolute Gasteiger partial charge is 0.274 e. The van der Waals surface area contributed by atoms with Crippen LogP contribution in [0.25, 0.3) is 0 Å². The average Bonchev–Trinajstić information content (AvgIpc) is 2.65. The Morgan fingerprint density at radius 3 is 2.60 bits per heavy atom. The first kappa shape index (κ1) is 17.2. The summed E-state index contributed by atoms with van der Waals surface area (Å²) in [6, 6.07) is 16.4. The van der Waals surface area contributed by atoms with Crippen LogP contribution < -0.4 is 10.6 Å². The second-order valence-corrected chi connectivity index (χ2v) is 5.95. The van der Waals surface area contributed by atoms with Gasteiger partial charge in [0.25, 0.3) is 5.91 Å². The normalized spacial score (nSPS) is 10.3. The van der Waals surface area contributed by atoms with Crippen molar-refractivity contribution in [2.75, 3.05) is 10.6 Å². The van der Waals surface area contributed by atoms with Gasteiger partial charge in [0.15, 0.2) is 0 Å². The van der Waals surface area contributed by atoms with Crippen LogP contribution in [-0.2, 0) is 6.54 Å². The van der Waals surface area contributed by atoms with E-state index in [1.54, 1.807) is 18.2 Å². The van der Waals surface area contributed by atoms with Gasteiger partial charge in [-0.25, -0.2) is 9.97 Å². The van der Waals surface area contributed by atoms with E-state index in [0.29, 0.717) is 23.2 Å². The summed E-state index contributed by atoms with van der Waals surface area (Å²) in [5.74, 6) is -0.0250. The van der Waals surface area contributed by atoms with Crippen molar-refractivity contribution >= 4 is 40.7 Å². The molecule has 0 aliphatic carbocycles. The largest absolute Gasteiger partial charge is 0.350 e. The van der Waals surface area contributed by atoms with Gasteiger partial charge >= 0.3 is 0 Å². The van der Waals surface area contributed by atoms with E-state index < -0.39 is 5.91 Å². The van der Waals surface area contributed by atoms with Crippen LogP contribution in [0.15, 0.2) is 60.8 Å². The predicted molar refractivity (Wildman–Crippen MR) is 100 cm³/mol. The summed E-state index contributed by atoms with van der Waals surface area (Å²) >= 11 is 12.0. The quantitative estimate of drug-likeness (QED) is 0.683. The van der Waals surface area contributed by atoms with Crippen molar-refractivity contribution in [1.82, 2.24) is 9.97 Å². The van der Waals surface area contributed by atoms with Gasteiger partial charge in [-0.05, 0) is 23.8 Å². The van der Waals surface area contributed by atoms with E-state index in [9.17, 15) is 4.79 Å². The predicted octanol–water partition coefficient (Wildman–Crippen LogP) is 4.65. The highest BCUT2D eigenvalue weighted by atomic mass is 35.5. The molecule has 5 nitrogen and oxygen atoms in total. The van der Waals surface area contributed by atoms with Crippen molar-refractivity contribution in [3.05, 3.63) is 82.1 Å². The molecule has 0 saturated heterocycles. The average molecular weight is 373 g/mol. The van der Waals surface area contributed by atoms with Gasteiger partial charge in [-0.15, -0.1) is 0 Å². The molecule has 0 unspecified atom stereocenters. The van der Waals surface area contributed by atoms with Crippen LogP contribution in [0.5, 0.6) is 0 Å². The lowest BCUT2D eigenvalue weighted by Crippen LogP contribution is -2.15. The maximum absolute atomic E-state index is 12.4. The number of nitrogens with zero attached hydrogens (tertiary/aromatic N) is 2. The molecule has 0 aliphatic heterocycles. The number of hydrogen-bond acceptors (Lipinski definition) is 4. The third-order valence-corrected chi connectivity index (χ3v) is 4.20. The van der Waals surface area contributed by atoms with Crippen molar-refractivity contribution in [2.45, 2.75) is 6.54 Å². The highest BCUT2D eigenvalue weighted by Gasteiger charge is 2.12. The minimum Gasteiger partial charge on any atom is -0.350 e. The summed E-state index contributed by atoms with van der Waals surface area (Å²) < 4.78 is 0. The maximum atomic E-state index is 12.4. The van der Waals surface area contributed by atoms with Gasteiger partial charge < -0.3 is 10.6 Å². The number of nitrogens with one attached hydrogen (secondary N) is 2. The number of carbonyl (C=O) groups excluding carboxylic acids is 1. The first-order valence-corrected chi connectivity index (χ1v) is 8.25. The van der Waals surface area contributed by atoms with Crippen molar-refractivity contribution in [2.24, 2.45) is 0 Å². The Morgan fingerprint density at radius 2 is 1.80 bits per heavy atom. The molecular formula is C18H14Cl2N4O. The van der Waals surface area contributed by atoms with Crippen LogP contribution in [0.4, 0.5) is 11.6 Å². The van der Waals surface area contributed by atoms with Gasteiger partial charge in [-0.1, -0.05) is 59.6 Å². The summed E-state index contributed by atoms with van der Waals surface area (Å²) in [4.78, 5) is 20.7. The lowest BCUT2D eigenvalue weighted by molar-refractivity contribution is 0.102. The number of carbonyl (C=O) groups is 1. The topological polar surface area (TPSA) is 66.9 Å². The van der Waals surface area contributed by atoms with Gasteiger partial charge in [0.2, 0.25) is 5.95 Å². The van der Waals surface area contributed by atoms with E-state index in [-0.39, 0.29) is 10.7 Å². The third-order valence-electron chi connectivity index (χ3n) is 3.38. The SMILES string of the molecule is O=C(Nc1cccc(Cl)c1Cl)c1ccnc(NCc2ccccc2)n1. The molecule has 2 aromatic carbocycles. The molecule has 0 fully saturated rings. The van der Waals surface area contributed by atoms with Crippen molar-refractivity contribution in [3.63, 3.8) is 0 Å². The fraction of sp³-hybridized carbons (Fsp3) is 0.0556. The number of rotatable bonds is 5.